The first-order valence-electron chi connectivity index (χ1n) is 8.04. The van der Waals surface area contributed by atoms with Crippen LogP contribution < -0.4 is 0 Å². The maximum absolute atomic E-state index is 13.1. The summed E-state index contributed by atoms with van der Waals surface area (Å²) in [5.74, 6) is -0.150. The summed E-state index contributed by atoms with van der Waals surface area (Å²) in [5.41, 5.74) is 1.64. The second-order valence-electron chi connectivity index (χ2n) is 6.27. The minimum atomic E-state index is -0.882. The summed E-state index contributed by atoms with van der Waals surface area (Å²) in [5, 5.41) is 10.8. The fraction of sp³-hybridized carbons (Fsp3) is 0.368. The van der Waals surface area contributed by atoms with Gasteiger partial charge in [0.2, 0.25) is 0 Å². The molecule has 1 aromatic heterocycles. The van der Waals surface area contributed by atoms with Crippen molar-refractivity contribution in [1.82, 2.24) is 9.88 Å². The molecule has 1 atom stereocenters. The third kappa shape index (κ3) is 3.95. The Balaban J connectivity index is 2.53. The van der Waals surface area contributed by atoms with E-state index >= 15 is 0 Å². The number of pyridine rings is 1. The van der Waals surface area contributed by atoms with Gasteiger partial charge in [-0.05, 0) is 61.9 Å². The van der Waals surface area contributed by atoms with E-state index in [1.165, 1.54) is 0 Å². The van der Waals surface area contributed by atoms with Gasteiger partial charge in [0.15, 0.2) is 0 Å². The molecule has 128 valence electrons. The lowest BCUT2D eigenvalue weighted by molar-refractivity contribution is 0.0631. The Bertz CT molecular complexity index is 694. The molecular formula is C19H23IN2O2. The molecule has 0 bridgehead atoms. The highest BCUT2D eigenvalue weighted by Crippen LogP contribution is 2.29. The van der Waals surface area contributed by atoms with E-state index in [0.717, 1.165) is 9.13 Å². The molecule has 24 heavy (non-hydrogen) atoms. The number of hydrogen-bond donors (Lipinski definition) is 1. The lowest BCUT2D eigenvalue weighted by atomic mass is 9.99. The van der Waals surface area contributed by atoms with Crippen molar-refractivity contribution in [2.75, 3.05) is 0 Å². The monoisotopic (exact) mass is 438 g/mol. The maximum Gasteiger partial charge on any atom is 0.273 e. The predicted molar refractivity (Wildman–Crippen MR) is 104 cm³/mol. The molecule has 0 aliphatic rings. The largest absolute Gasteiger partial charge is 0.384 e. The van der Waals surface area contributed by atoms with Crippen LogP contribution in [-0.2, 0) is 0 Å². The van der Waals surface area contributed by atoms with Crippen molar-refractivity contribution >= 4 is 28.5 Å². The Labute approximate surface area is 157 Å². The van der Waals surface area contributed by atoms with Crippen molar-refractivity contribution in [3.8, 4) is 0 Å². The number of amides is 1. The van der Waals surface area contributed by atoms with Crippen molar-refractivity contribution in [3.05, 3.63) is 63.0 Å². The van der Waals surface area contributed by atoms with Gasteiger partial charge in [0.1, 0.15) is 11.8 Å². The van der Waals surface area contributed by atoms with Gasteiger partial charge >= 0.3 is 0 Å². The van der Waals surface area contributed by atoms with Crippen LogP contribution >= 0.6 is 22.6 Å². The van der Waals surface area contributed by atoms with Gasteiger partial charge in [0, 0.05) is 27.4 Å². The standard InChI is InChI=1S/C19H23IN2O2/c1-12(2)22(13(3)4)19(24)17-16(15(20)10-11-21-17)18(23)14-8-6-5-7-9-14/h5-13,18,23H,1-4H3. The summed E-state index contributed by atoms with van der Waals surface area (Å²) in [6.45, 7) is 7.94. The number of carbonyl (C=O) groups is 1. The van der Waals surface area contributed by atoms with E-state index in [9.17, 15) is 9.90 Å². The van der Waals surface area contributed by atoms with Crippen LogP contribution in [0.3, 0.4) is 0 Å². The second kappa shape index (κ2) is 8.07. The van der Waals surface area contributed by atoms with Crippen LogP contribution in [0.4, 0.5) is 0 Å². The summed E-state index contributed by atoms with van der Waals surface area (Å²) in [6.07, 6.45) is 0.738. The average Bonchev–Trinajstić information content (AvgIpc) is 2.54. The summed E-state index contributed by atoms with van der Waals surface area (Å²) >= 11 is 2.15. The van der Waals surface area contributed by atoms with Crippen LogP contribution in [0, 0.1) is 3.57 Å². The Morgan fingerprint density at radius 2 is 1.67 bits per heavy atom. The zero-order chi connectivity index (χ0) is 17.9. The van der Waals surface area contributed by atoms with E-state index in [0.29, 0.717) is 11.3 Å². The van der Waals surface area contributed by atoms with Crippen molar-refractivity contribution < 1.29 is 9.90 Å². The van der Waals surface area contributed by atoms with Crippen LogP contribution in [0.1, 0.15) is 55.4 Å². The van der Waals surface area contributed by atoms with Crippen LogP contribution in [0.5, 0.6) is 0 Å². The van der Waals surface area contributed by atoms with Gasteiger partial charge in [-0.2, -0.15) is 0 Å². The molecule has 0 aliphatic carbocycles. The van der Waals surface area contributed by atoms with Gasteiger partial charge in [-0.3, -0.25) is 9.78 Å². The highest BCUT2D eigenvalue weighted by molar-refractivity contribution is 14.1. The van der Waals surface area contributed by atoms with E-state index in [-0.39, 0.29) is 18.0 Å². The zero-order valence-corrected chi connectivity index (χ0v) is 16.6. The third-order valence-corrected chi connectivity index (χ3v) is 4.82. The average molecular weight is 438 g/mol. The molecule has 0 saturated heterocycles. The molecule has 1 unspecified atom stereocenters. The highest BCUT2D eigenvalue weighted by atomic mass is 127. The molecule has 1 N–H and O–H groups in total. The first-order valence-corrected chi connectivity index (χ1v) is 9.12. The first-order chi connectivity index (χ1) is 11.3. The normalized spacial score (nSPS) is 12.5. The minimum Gasteiger partial charge on any atom is -0.384 e. The molecule has 0 saturated carbocycles. The quantitative estimate of drug-likeness (QED) is 0.718. The Morgan fingerprint density at radius 3 is 2.21 bits per heavy atom. The fourth-order valence-electron chi connectivity index (χ4n) is 2.87. The number of carbonyl (C=O) groups excluding carboxylic acids is 1. The van der Waals surface area contributed by atoms with Crippen molar-refractivity contribution in [3.63, 3.8) is 0 Å². The number of nitrogens with zero attached hydrogens (tertiary/aromatic N) is 2. The summed E-state index contributed by atoms with van der Waals surface area (Å²) < 4.78 is 0.828. The van der Waals surface area contributed by atoms with E-state index in [1.807, 2.05) is 64.1 Å². The van der Waals surface area contributed by atoms with Crippen molar-refractivity contribution in [1.29, 1.82) is 0 Å². The Kier molecular flexibility index (Phi) is 6.34. The number of rotatable bonds is 5. The molecule has 0 spiro atoms. The van der Waals surface area contributed by atoms with Gasteiger partial charge in [-0.1, -0.05) is 30.3 Å². The number of benzene rings is 1. The van der Waals surface area contributed by atoms with E-state index < -0.39 is 6.10 Å². The molecule has 1 amide bonds. The molecule has 4 nitrogen and oxygen atoms in total. The lowest BCUT2D eigenvalue weighted by Gasteiger charge is -2.31. The second-order valence-corrected chi connectivity index (χ2v) is 7.43. The van der Waals surface area contributed by atoms with Crippen LogP contribution in [0.2, 0.25) is 0 Å². The molecule has 0 aliphatic heterocycles. The van der Waals surface area contributed by atoms with Gasteiger partial charge in [0.05, 0.1) is 0 Å². The van der Waals surface area contributed by atoms with Gasteiger partial charge in [0.25, 0.3) is 5.91 Å². The number of aromatic nitrogens is 1. The van der Waals surface area contributed by atoms with Crippen LogP contribution in [0.15, 0.2) is 42.6 Å². The van der Waals surface area contributed by atoms with E-state index in [4.69, 9.17) is 0 Å². The molecule has 1 aromatic carbocycles. The maximum atomic E-state index is 13.1. The van der Waals surface area contributed by atoms with E-state index in [1.54, 1.807) is 11.1 Å². The first kappa shape index (κ1) is 18.9. The van der Waals surface area contributed by atoms with Gasteiger partial charge in [-0.25, -0.2) is 0 Å². The smallest absolute Gasteiger partial charge is 0.273 e. The number of aliphatic hydroxyl groups excluding tert-OH is 1. The Hall–Kier alpha value is -1.47. The number of halogens is 1. The molecule has 0 fully saturated rings. The molecule has 2 aromatic rings. The topological polar surface area (TPSA) is 53.4 Å². The van der Waals surface area contributed by atoms with Crippen molar-refractivity contribution in [2.24, 2.45) is 0 Å². The van der Waals surface area contributed by atoms with Crippen molar-refractivity contribution in [2.45, 2.75) is 45.9 Å². The summed E-state index contributed by atoms with van der Waals surface area (Å²) in [4.78, 5) is 19.2. The molecule has 2 rings (SSSR count). The fourth-order valence-corrected chi connectivity index (χ4v) is 3.58. The highest BCUT2D eigenvalue weighted by Gasteiger charge is 2.28. The molecular weight excluding hydrogens is 415 g/mol. The van der Waals surface area contributed by atoms with Gasteiger partial charge in [-0.15, -0.1) is 0 Å². The molecule has 0 radical (unpaired) electrons. The predicted octanol–water partition coefficient (Wildman–Crippen LogP) is 4.03. The minimum absolute atomic E-state index is 0.0545. The van der Waals surface area contributed by atoms with E-state index in [2.05, 4.69) is 27.6 Å². The Morgan fingerprint density at radius 1 is 1.08 bits per heavy atom. The molecule has 5 heteroatoms. The summed E-state index contributed by atoms with van der Waals surface area (Å²) in [7, 11) is 0. The lowest BCUT2D eigenvalue weighted by Crippen LogP contribution is -2.43. The number of aliphatic hydroxyl groups is 1. The van der Waals surface area contributed by atoms with Crippen LogP contribution in [-0.4, -0.2) is 33.0 Å². The number of hydrogen-bond acceptors (Lipinski definition) is 3. The zero-order valence-electron chi connectivity index (χ0n) is 14.4. The van der Waals surface area contributed by atoms with Gasteiger partial charge < -0.3 is 10.0 Å². The SMILES string of the molecule is CC(C)N(C(=O)c1nccc(I)c1C(O)c1ccccc1)C(C)C. The third-order valence-electron chi connectivity index (χ3n) is 3.88. The molecule has 1 heterocycles. The summed E-state index contributed by atoms with van der Waals surface area (Å²) in [6, 6.07) is 11.3. The van der Waals surface area contributed by atoms with Crippen LogP contribution in [0.25, 0.3) is 0 Å².